The molecule has 0 aromatic carbocycles. The van der Waals surface area contributed by atoms with Gasteiger partial charge in [-0.15, -0.1) is 0 Å². The first kappa shape index (κ1) is 16.7. The molecule has 0 spiro atoms. The van der Waals surface area contributed by atoms with Crippen LogP contribution in [0.3, 0.4) is 0 Å². The summed E-state index contributed by atoms with van der Waals surface area (Å²) in [6.45, 7) is 12.0. The molecule has 0 aliphatic carbocycles. The van der Waals surface area contributed by atoms with Crippen LogP contribution in [0.5, 0.6) is 0 Å². The molecule has 1 unspecified atom stereocenters. The number of esters is 1. The fourth-order valence-electron chi connectivity index (χ4n) is 1.32. The molecule has 2 nitrogen and oxygen atoms in total. The molecular weight excluding hydrogens is 224 g/mol. The number of hydrogen-bond acceptors (Lipinski definition) is 2. The Morgan fingerprint density at radius 3 is 2.28 bits per heavy atom. The van der Waals surface area contributed by atoms with E-state index < -0.39 is 0 Å². The number of allylic oxidation sites excluding steroid dienone is 5. The Bertz CT molecular complexity index is 342. The van der Waals surface area contributed by atoms with Gasteiger partial charge in [-0.05, 0) is 52.5 Å². The van der Waals surface area contributed by atoms with Gasteiger partial charge in [0.1, 0.15) is 0 Å². The number of hydrogen-bond donors (Lipinski definition) is 0. The van der Waals surface area contributed by atoms with Crippen LogP contribution in [0, 0.1) is 5.92 Å². The Labute approximate surface area is 111 Å². The summed E-state index contributed by atoms with van der Waals surface area (Å²) in [5.41, 5.74) is 2.26. The summed E-state index contributed by atoms with van der Waals surface area (Å²) >= 11 is 0. The molecule has 0 aliphatic heterocycles. The first-order chi connectivity index (χ1) is 8.31. The lowest BCUT2D eigenvalue weighted by Gasteiger charge is -2.05. The van der Waals surface area contributed by atoms with Gasteiger partial charge in [0.15, 0.2) is 0 Å². The van der Waals surface area contributed by atoms with Gasteiger partial charge in [0, 0.05) is 6.08 Å². The summed E-state index contributed by atoms with van der Waals surface area (Å²) in [7, 11) is 0. The fraction of sp³-hybridized carbons (Fsp3) is 0.562. The molecule has 0 bridgehead atoms. The Morgan fingerprint density at radius 2 is 1.78 bits per heavy atom. The van der Waals surface area contributed by atoms with E-state index in [0.717, 1.165) is 12.0 Å². The van der Waals surface area contributed by atoms with Crippen molar-refractivity contribution < 1.29 is 9.53 Å². The molecule has 0 heterocycles. The van der Waals surface area contributed by atoms with Crippen LogP contribution in [0.25, 0.3) is 0 Å². The van der Waals surface area contributed by atoms with Crippen molar-refractivity contribution in [1.29, 1.82) is 0 Å². The SMILES string of the molecule is CC(C)=CCC(C)C=CC(C)=CC(=O)OC(C)C. The lowest BCUT2D eigenvalue weighted by atomic mass is 10.0. The molecule has 102 valence electrons. The Morgan fingerprint density at radius 1 is 1.17 bits per heavy atom. The summed E-state index contributed by atoms with van der Waals surface area (Å²) in [5, 5.41) is 0. The van der Waals surface area contributed by atoms with E-state index in [4.69, 9.17) is 4.74 Å². The highest BCUT2D eigenvalue weighted by molar-refractivity contribution is 5.83. The van der Waals surface area contributed by atoms with E-state index in [2.05, 4.69) is 32.9 Å². The van der Waals surface area contributed by atoms with Crippen LogP contribution in [0.15, 0.2) is 35.5 Å². The molecule has 1 atom stereocenters. The van der Waals surface area contributed by atoms with Gasteiger partial charge in [-0.2, -0.15) is 0 Å². The van der Waals surface area contributed by atoms with Gasteiger partial charge in [-0.3, -0.25) is 0 Å². The zero-order chi connectivity index (χ0) is 14.1. The largest absolute Gasteiger partial charge is 0.460 e. The first-order valence-electron chi connectivity index (χ1n) is 6.51. The molecule has 0 amide bonds. The van der Waals surface area contributed by atoms with Crippen molar-refractivity contribution in [2.75, 3.05) is 0 Å². The van der Waals surface area contributed by atoms with E-state index in [9.17, 15) is 4.79 Å². The van der Waals surface area contributed by atoms with Crippen LogP contribution in [0.2, 0.25) is 0 Å². The van der Waals surface area contributed by atoms with Crippen LogP contribution < -0.4 is 0 Å². The summed E-state index contributed by atoms with van der Waals surface area (Å²) in [5.74, 6) is 0.202. The molecule has 0 N–H and O–H groups in total. The molecule has 0 saturated heterocycles. The maximum Gasteiger partial charge on any atom is 0.331 e. The molecule has 0 fully saturated rings. The average molecular weight is 250 g/mol. The quantitative estimate of drug-likeness (QED) is 0.301. The van der Waals surface area contributed by atoms with Crippen molar-refractivity contribution in [3.8, 4) is 0 Å². The highest BCUT2D eigenvalue weighted by Crippen LogP contribution is 2.09. The molecular formula is C16H26O2. The number of rotatable bonds is 6. The third kappa shape index (κ3) is 9.88. The van der Waals surface area contributed by atoms with E-state index in [0.29, 0.717) is 5.92 Å². The highest BCUT2D eigenvalue weighted by atomic mass is 16.5. The minimum Gasteiger partial charge on any atom is -0.460 e. The predicted octanol–water partition coefficient (Wildman–Crippen LogP) is 4.43. The summed E-state index contributed by atoms with van der Waals surface area (Å²) < 4.78 is 5.05. The van der Waals surface area contributed by atoms with E-state index in [1.54, 1.807) is 0 Å². The third-order valence-corrected chi connectivity index (χ3v) is 2.28. The van der Waals surface area contributed by atoms with Crippen molar-refractivity contribution in [2.24, 2.45) is 5.92 Å². The van der Waals surface area contributed by atoms with Gasteiger partial charge >= 0.3 is 5.97 Å². The number of carbonyl (C=O) groups excluding carboxylic acids is 1. The average Bonchev–Trinajstić information content (AvgIpc) is 2.22. The summed E-state index contributed by atoms with van der Waals surface area (Å²) in [6, 6.07) is 0. The minimum absolute atomic E-state index is 0.0675. The van der Waals surface area contributed by atoms with E-state index in [1.165, 1.54) is 11.6 Å². The number of ether oxygens (including phenoxy) is 1. The van der Waals surface area contributed by atoms with Gasteiger partial charge < -0.3 is 4.74 Å². The van der Waals surface area contributed by atoms with Crippen molar-refractivity contribution in [3.05, 3.63) is 35.5 Å². The van der Waals surface area contributed by atoms with Crippen molar-refractivity contribution in [3.63, 3.8) is 0 Å². The van der Waals surface area contributed by atoms with Crippen LogP contribution >= 0.6 is 0 Å². The van der Waals surface area contributed by atoms with Crippen LogP contribution in [0.1, 0.15) is 48.0 Å². The van der Waals surface area contributed by atoms with Crippen LogP contribution in [-0.2, 0) is 9.53 Å². The highest BCUT2D eigenvalue weighted by Gasteiger charge is 2.01. The molecule has 18 heavy (non-hydrogen) atoms. The van der Waals surface area contributed by atoms with Gasteiger partial charge in [0.25, 0.3) is 0 Å². The second-order valence-corrected chi connectivity index (χ2v) is 5.23. The Balaban J connectivity index is 4.28. The molecule has 0 aliphatic rings. The fourth-order valence-corrected chi connectivity index (χ4v) is 1.32. The summed E-state index contributed by atoms with van der Waals surface area (Å²) in [4.78, 5) is 11.4. The second-order valence-electron chi connectivity index (χ2n) is 5.23. The minimum atomic E-state index is -0.274. The monoisotopic (exact) mass is 250 g/mol. The van der Waals surface area contributed by atoms with E-state index in [1.807, 2.05) is 26.8 Å². The van der Waals surface area contributed by atoms with E-state index in [-0.39, 0.29) is 12.1 Å². The van der Waals surface area contributed by atoms with Crippen molar-refractivity contribution in [2.45, 2.75) is 54.1 Å². The van der Waals surface area contributed by atoms with Crippen LogP contribution in [-0.4, -0.2) is 12.1 Å². The molecule has 0 rings (SSSR count). The van der Waals surface area contributed by atoms with Crippen molar-refractivity contribution >= 4 is 5.97 Å². The molecule has 0 aromatic heterocycles. The number of carbonyl (C=O) groups is 1. The Kier molecular flexibility index (Phi) is 8.10. The molecule has 0 radical (unpaired) electrons. The normalized spacial score (nSPS) is 13.8. The topological polar surface area (TPSA) is 26.3 Å². The molecule has 2 heteroatoms. The Hall–Kier alpha value is -1.31. The maximum absolute atomic E-state index is 11.4. The van der Waals surface area contributed by atoms with Crippen molar-refractivity contribution in [1.82, 2.24) is 0 Å². The standard InChI is InChI=1S/C16H26O2/c1-12(2)7-8-14(5)9-10-15(6)11-16(17)18-13(3)4/h7,9-11,13-14H,8H2,1-6H3. The van der Waals surface area contributed by atoms with Crippen LogP contribution in [0.4, 0.5) is 0 Å². The lowest BCUT2D eigenvalue weighted by Crippen LogP contribution is -2.08. The molecule has 0 saturated carbocycles. The van der Waals surface area contributed by atoms with E-state index >= 15 is 0 Å². The lowest BCUT2D eigenvalue weighted by molar-refractivity contribution is -0.141. The zero-order valence-corrected chi connectivity index (χ0v) is 12.5. The maximum atomic E-state index is 11.4. The van der Waals surface area contributed by atoms with Gasteiger partial charge in [0.2, 0.25) is 0 Å². The van der Waals surface area contributed by atoms with Gasteiger partial charge in [-0.25, -0.2) is 4.79 Å². The smallest absolute Gasteiger partial charge is 0.331 e. The zero-order valence-electron chi connectivity index (χ0n) is 12.5. The summed E-state index contributed by atoms with van der Waals surface area (Å²) in [6.07, 6.45) is 8.81. The predicted molar refractivity (Wildman–Crippen MR) is 77.3 cm³/mol. The van der Waals surface area contributed by atoms with Gasteiger partial charge in [-0.1, -0.05) is 30.7 Å². The first-order valence-corrected chi connectivity index (χ1v) is 6.51. The third-order valence-electron chi connectivity index (χ3n) is 2.28. The van der Waals surface area contributed by atoms with Gasteiger partial charge in [0.05, 0.1) is 6.10 Å². The molecule has 0 aromatic rings. The second kappa shape index (κ2) is 8.73.